The van der Waals surface area contributed by atoms with Crippen LogP contribution in [0.4, 0.5) is 0 Å². The van der Waals surface area contributed by atoms with Crippen molar-refractivity contribution in [2.24, 2.45) is 5.92 Å². The van der Waals surface area contributed by atoms with Gasteiger partial charge in [-0.25, -0.2) is 0 Å². The van der Waals surface area contributed by atoms with Crippen molar-refractivity contribution in [2.45, 2.75) is 26.3 Å². The number of hydrogen-bond donors (Lipinski definition) is 0. The van der Waals surface area contributed by atoms with Gasteiger partial charge in [-0.1, -0.05) is 12.1 Å². The second kappa shape index (κ2) is 4.57. The zero-order chi connectivity index (χ0) is 10.7. The highest BCUT2D eigenvalue weighted by atomic mass is 16.5. The standard InChI is InChI=1S/C11H16N2O2/c1-2-9-7-13(6-4-11(9)14)8-10-3-5-12-15-10/h3,5,9H,2,4,6-8H2,1H3. The summed E-state index contributed by atoms with van der Waals surface area (Å²) in [4.78, 5) is 13.8. The second-order valence-corrected chi connectivity index (χ2v) is 4.04. The Labute approximate surface area is 89.2 Å². The second-order valence-electron chi connectivity index (χ2n) is 4.04. The molecule has 2 heterocycles. The molecule has 4 nitrogen and oxygen atoms in total. The van der Waals surface area contributed by atoms with Crippen molar-refractivity contribution in [3.63, 3.8) is 0 Å². The van der Waals surface area contributed by atoms with E-state index in [1.165, 1.54) is 0 Å². The van der Waals surface area contributed by atoms with Crippen molar-refractivity contribution in [3.05, 3.63) is 18.0 Å². The molecular weight excluding hydrogens is 192 g/mol. The van der Waals surface area contributed by atoms with Crippen LogP contribution in [0.15, 0.2) is 16.8 Å². The molecule has 0 amide bonds. The maximum absolute atomic E-state index is 11.5. The van der Waals surface area contributed by atoms with Gasteiger partial charge in [-0.3, -0.25) is 9.69 Å². The Bertz CT molecular complexity index is 321. The Hall–Kier alpha value is -1.16. The highest BCUT2D eigenvalue weighted by Crippen LogP contribution is 2.17. The Kier molecular flexibility index (Phi) is 3.16. The molecule has 0 radical (unpaired) electrons. The topological polar surface area (TPSA) is 46.3 Å². The Morgan fingerprint density at radius 2 is 2.53 bits per heavy atom. The first kappa shape index (κ1) is 10.4. The summed E-state index contributed by atoms with van der Waals surface area (Å²) in [5.41, 5.74) is 0. The van der Waals surface area contributed by atoms with Crippen LogP contribution in [0.5, 0.6) is 0 Å². The zero-order valence-electron chi connectivity index (χ0n) is 8.98. The molecule has 0 aliphatic carbocycles. The average molecular weight is 208 g/mol. The van der Waals surface area contributed by atoms with Crippen LogP contribution in [0.2, 0.25) is 0 Å². The summed E-state index contributed by atoms with van der Waals surface area (Å²) in [6.07, 6.45) is 3.26. The number of likely N-dealkylation sites (tertiary alicyclic amines) is 1. The number of rotatable bonds is 3. The largest absolute Gasteiger partial charge is 0.360 e. The minimum Gasteiger partial charge on any atom is -0.360 e. The predicted molar refractivity (Wildman–Crippen MR) is 55.2 cm³/mol. The highest BCUT2D eigenvalue weighted by molar-refractivity contribution is 5.82. The number of nitrogens with zero attached hydrogens (tertiary/aromatic N) is 2. The van der Waals surface area contributed by atoms with E-state index in [1.54, 1.807) is 6.20 Å². The zero-order valence-corrected chi connectivity index (χ0v) is 8.98. The van der Waals surface area contributed by atoms with Crippen LogP contribution >= 0.6 is 0 Å². The summed E-state index contributed by atoms with van der Waals surface area (Å²) < 4.78 is 5.06. The number of carbonyl (C=O) groups excluding carboxylic acids is 1. The van der Waals surface area contributed by atoms with E-state index < -0.39 is 0 Å². The maximum Gasteiger partial charge on any atom is 0.150 e. The smallest absolute Gasteiger partial charge is 0.150 e. The van der Waals surface area contributed by atoms with E-state index in [0.29, 0.717) is 12.2 Å². The maximum atomic E-state index is 11.5. The third-order valence-electron chi connectivity index (χ3n) is 2.97. The average Bonchev–Trinajstić information content (AvgIpc) is 2.73. The quantitative estimate of drug-likeness (QED) is 0.754. The molecule has 15 heavy (non-hydrogen) atoms. The molecule has 1 aliphatic rings. The summed E-state index contributed by atoms with van der Waals surface area (Å²) >= 11 is 0. The van der Waals surface area contributed by atoms with Gasteiger partial charge in [0.1, 0.15) is 5.78 Å². The normalized spacial score (nSPS) is 23.3. The van der Waals surface area contributed by atoms with E-state index in [0.717, 1.165) is 31.8 Å². The molecule has 0 spiro atoms. The lowest BCUT2D eigenvalue weighted by atomic mass is 9.94. The van der Waals surface area contributed by atoms with Crippen molar-refractivity contribution >= 4 is 5.78 Å². The van der Waals surface area contributed by atoms with Gasteiger partial charge >= 0.3 is 0 Å². The monoisotopic (exact) mass is 208 g/mol. The highest BCUT2D eigenvalue weighted by Gasteiger charge is 2.25. The van der Waals surface area contributed by atoms with Crippen LogP contribution in [-0.4, -0.2) is 28.9 Å². The van der Waals surface area contributed by atoms with E-state index in [1.807, 2.05) is 6.07 Å². The third-order valence-corrected chi connectivity index (χ3v) is 2.97. The lowest BCUT2D eigenvalue weighted by molar-refractivity contribution is -0.126. The fraction of sp³-hybridized carbons (Fsp3) is 0.636. The fourth-order valence-electron chi connectivity index (χ4n) is 2.02. The number of aromatic nitrogens is 1. The van der Waals surface area contributed by atoms with Crippen molar-refractivity contribution in [1.82, 2.24) is 10.1 Å². The molecule has 0 bridgehead atoms. The van der Waals surface area contributed by atoms with Gasteiger partial charge in [0, 0.05) is 31.5 Å². The Balaban J connectivity index is 1.92. The number of ketones is 1. The van der Waals surface area contributed by atoms with Crippen molar-refractivity contribution in [3.8, 4) is 0 Å². The van der Waals surface area contributed by atoms with Crippen LogP contribution < -0.4 is 0 Å². The van der Waals surface area contributed by atoms with Crippen LogP contribution in [0.3, 0.4) is 0 Å². The van der Waals surface area contributed by atoms with Crippen LogP contribution in [0.1, 0.15) is 25.5 Å². The van der Waals surface area contributed by atoms with Crippen LogP contribution in [-0.2, 0) is 11.3 Å². The van der Waals surface area contributed by atoms with Crippen molar-refractivity contribution < 1.29 is 9.32 Å². The van der Waals surface area contributed by atoms with Gasteiger partial charge in [-0.05, 0) is 6.42 Å². The van der Waals surface area contributed by atoms with Gasteiger partial charge in [-0.2, -0.15) is 0 Å². The predicted octanol–water partition coefficient (Wildman–Crippen LogP) is 1.48. The first-order chi connectivity index (χ1) is 7.29. The Morgan fingerprint density at radius 1 is 1.67 bits per heavy atom. The molecule has 0 saturated carbocycles. The molecule has 2 rings (SSSR count). The minimum atomic E-state index is 0.210. The van der Waals surface area contributed by atoms with Gasteiger partial charge in [0.15, 0.2) is 5.76 Å². The summed E-state index contributed by atoms with van der Waals surface area (Å²) in [7, 11) is 0. The van der Waals surface area contributed by atoms with Crippen LogP contribution in [0.25, 0.3) is 0 Å². The van der Waals surface area contributed by atoms with E-state index in [2.05, 4.69) is 17.0 Å². The van der Waals surface area contributed by atoms with Gasteiger partial charge in [0.05, 0.1) is 12.7 Å². The molecule has 1 aromatic rings. The number of Topliss-reactive ketones (excluding diaryl/α,β-unsaturated/α-hetero) is 1. The van der Waals surface area contributed by atoms with E-state index in [9.17, 15) is 4.79 Å². The molecule has 1 atom stereocenters. The first-order valence-electron chi connectivity index (χ1n) is 5.44. The summed E-state index contributed by atoms with van der Waals surface area (Å²) in [5, 5.41) is 3.67. The Morgan fingerprint density at radius 3 is 3.20 bits per heavy atom. The van der Waals surface area contributed by atoms with Crippen molar-refractivity contribution in [2.75, 3.05) is 13.1 Å². The molecule has 1 unspecified atom stereocenters. The van der Waals surface area contributed by atoms with E-state index in [-0.39, 0.29) is 5.92 Å². The molecule has 1 aromatic heterocycles. The fourth-order valence-corrected chi connectivity index (χ4v) is 2.02. The molecule has 0 N–H and O–H groups in total. The minimum absolute atomic E-state index is 0.210. The summed E-state index contributed by atoms with van der Waals surface area (Å²) in [6, 6.07) is 1.87. The summed E-state index contributed by atoms with van der Waals surface area (Å²) in [6.45, 7) is 4.54. The number of hydrogen-bond acceptors (Lipinski definition) is 4. The molecule has 82 valence electrons. The number of carbonyl (C=O) groups is 1. The lowest BCUT2D eigenvalue weighted by Crippen LogP contribution is -2.39. The van der Waals surface area contributed by atoms with Gasteiger partial charge in [0.2, 0.25) is 0 Å². The molecule has 1 fully saturated rings. The molecular formula is C11H16N2O2. The molecule has 1 saturated heterocycles. The van der Waals surface area contributed by atoms with Gasteiger partial charge in [-0.15, -0.1) is 0 Å². The first-order valence-corrected chi connectivity index (χ1v) is 5.44. The summed E-state index contributed by atoms with van der Waals surface area (Å²) in [5.74, 6) is 1.49. The van der Waals surface area contributed by atoms with E-state index >= 15 is 0 Å². The lowest BCUT2D eigenvalue weighted by Gasteiger charge is -2.30. The van der Waals surface area contributed by atoms with Gasteiger partial charge in [0.25, 0.3) is 0 Å². The molecule has 1 aliphatic heterocycles. The SMILES string of the molecule is CCC1CN(Cc2ccno2)CCC1=O. The molecule has 4 heteroatoms. The van der Waals surface area contributed by atoms with E-state index in [4.69, 9.17) is 4.52 Å². The van der Waals surface area contributed by atoms with Gasteiger partial charge < -0.3 is 4.52 Å². The van der Waals surface area contributed by atoms with Crippen LogP contribution in [0, 0.1) is 5.92 Å². The number of piperidine rings is 1. The van der Waals surface area contributed by atoms with Crippen molar-refractivity contribution in [1.29, 1.82) is 0 Å². The molecule has 0 aromatic carbocycles. The third kappa shape index (κ3) is 2.45.